The summed E-state index contributed by atoms with van der Waals surface area (Å²) in [7, 11) is 0. The molecule has 1 aliphatic heterocycles. The average Bonchev–Trinajstić information content (AvgIpc) is 2.70. The van der Waals surface area contributed by atoms with E-state index in [9.17, 15) is 14.7 Å². The quantitative estimate of drug-likeness (QED) is 0.789. The summed E-state index contributed by atoms with van der Waals surface area (Å²) in [5.41, 5.74) is 1.53. The molecule has 1 N–H and O–H groups in total. The zero-order chi connectivity index (χ0) is 19.2. The third-order valence-corrected chi connectivity index (χ3v) is 5.30. The van der Waals surface area contributed by atoms with Crippen molar-refractivity contribution >= 4 is 27.7 Å². The van der Waals surface area contributed by atoms with Gasteiger partial charge in [-0.1, -0.05) is 46.3 Å². The lowest BCUT2D eigenvalue weighted by atomic mass is 10.1. The highest BCUT2D eigenvalue weighted by atomic mass is 79.9. The largest absolute Gasteiger partial charge is 0.507 e. The Kier molecular flexibility index (Phi) is 6.50. The molecule has 1 fully saturated rings. The van der Waals surface area contributed by atoms with E-state index in [1.54, 1.807) is 17.0 Å². The number of amides is 2. The molecule has 0 saturated carbocycles. The molecule has 0 unspecified atom stereocenters. The fourth-order valence-electron chi connectivity index (χ4n) is 3.26. The van der Waals surface area contributed by atoms with E-state index in [1.165, 1.54) is 11.6 Å². The van der Waals surface area contributed by atoms with Crippen molar-refractivity contribution < 1.29 is 14.7 Å². The van der Waals surface area contributed by atoms with Crippen molar-refractivity contribution in [2.75, 3.05) is 26.2 Å². The van der Waals surface area contributed by atoms with Gasteiger partial charge in [-0.15, -0.1) is 0 Å². The highest BCUT2D eigenvalue weighted by Crippen LogP contribution is 2.24. The third-order valence-electron chi connectivity index (χ3n) is 4.81. The fraction of sp³-hybridized carbons (Fsp3) is 0.333. The minimum Gasteiger partial charge on any atom is -0.507 e. The molecule has 3 rings (SSSR count). The molecule has 142 valence electrons. The molecule has 1 heterocycles. The molecule has 0 atom stereocenters. The molecule has 0 radical (unpaired) electrons. The summed E-state index contributed by atoms with van der Waals surface area (Å²) in [6.07, 6.45) is 2.25. The SMILES string of the molecule is O=C(CCCc1ccccc1)N1CCN(C(=O)c2cc(Br)ccc2O)CC1. The molecular formula is C21H23BrN2O3. The number of aromatic hydroxyl groups is 1. The number of hydrogen-bond donors (Lipinski definition) is 1. The van der Waals surface area contributed by atoms with Gasteiger partial charge in [0.2, 0.25) is 5.91 Å². The zero-order valence-corrected chi connectivity index (χ0v) is 16.7. The van der Waals surface area contributed by atoms with E-state index in [-0.39, 0.29) is 23.1 Å². The van der Waals surface area contributed by atoms with Crippen molar-refractivity contribution in [1.82, 2.24) is 9.80 Å². The van der Waals surface area contributed by atoms with Crippen molar-refractivity contribution in [2.45, 2.75) is 19.3 Å². The van der Waals surface area contributed by atoms with Crippen LogP contribution in [0.2, 0.25) is 0 Å². The Morgan fingerprint density at radius 2 is 1.63 bits per heavy atom. The van der Waals surface area contributed by atoms with Crippen LogP contribution in [0.1, 0.15) is 28.8 Å². The first kappa shape index (κ1) is 19.4. The number of benzene rings is 2. The minimum absolute atomic E-state index is 0.0254. The van der Waals surface area contributed by atoms with Crippen molar-refractivity contribution in [3.8, 4) is 5.75 Å². The monoisotopic (exact) mass is 430 g/mol. The Morgan fingerprint density at radius 3 is 2.33 bits per heavy atom. The lowest BCUT2D eigenvalue weighted by Gasteiger charge is -2.35. The summed E-state index contributed by atoms with van der Waals surface area (Å²) in [5, 5.41) is 9.93. The number of phenolic OH excluding ortho intramolecular Hbond substituents is 1. The molecular weight excluding hydrogens is 408 g/mol. The second-order valence-corrected chi connectivity index (χ2v) is 7.59. The van der Waals surface area contributed by atoms with Gasteiger partial charge in [0.25, 0.3) is 5.91 Å². The molecule has 1 saturated heterocycles. The summed E-state index contributed by atoms with van der Waals surface area (Å²) in [6.45, 7) is 2.03. The van der Waals surface area contributed by atoms with E-state index in [4.69, 9.17) is 0 Å². The molecule has 2 aromatic carbocycles. The molecule has 1 aliphatic rings. The third kappa shape index (κ3) is 5.10. The maximum Gasteiger partial charge on any atom is 0.257 e. The number of piperazine rings is 1. The van der Waals surface area contributed by atoms with Crippen molar-refractivity contribution in [2.24, 2.45) is 0 Å². The highest BCUT2D eigenvalue weighted by Gasteiger charge is 2.26. The number of aryl methyl sites for hydroxylation is 1. The lowest BCUT2D eigenvalue weighted by Crippen LogP contribution is -2.50. The van der Waals surface area contributed by atoms with Crippen LogP contribution in [0.3, 0.4) is 0 Å². The molecule has 5 nitrogen and oxygen atoms in total. The second kappa shape index (κ2) is 9.04. The lowest BCUT2D eigenvalue weighted by molar-refractivity contribution is -0.132. The van der Waals surface area contributed by atoms with Gasteiger partial charge in [-0.05, 0) is 36.6 Å². The summed E-state index contributed by atoms with van der Waals surface area (Å²) < 4.78 is 0.746. The van der Waals surface area contributed by atoms with Crippen LogP contribution in [0, 0.1) is 0 Å². The average molecular weight is 431 g/mol. The van der Waals surface area contributed by atoms with Crippen LogP contribution in [0.4, 0.5) is 0 Å². The number of rotatable bonds is 5. The van der Waals surface area contributed by atoms with Gasteiger partial charge in [-0.2, -0.15) is 0 Å². The van der Waals surface area contributed by atoms with Crippen LogP contribution in [0.25, 0.3) is 0 Å². The van der Waals surface area contributed by atoms with Crippen LogP contribution < -0.4 is 0 Å². The Labute approximate surface area is 167 Å². The first-order valence-electron chi connectivity index (χ1n) is 9.14. The van der Waals surface area contributed by atoms with Crippen molar-refractivity contribution in [3.05, 3.63) is 64.1 Å². The molecule has 0 spiro atoms. The fourth-order valence-corrected chi connectivity index (χ4v) is 3.62. The number of carbonyl (C=O) groups excluding carboxylic acids is 2. The van der Waals surface area contributed by atoms with Gasteiger partial charge in [0.1, 0.15) is 5.75 Å². The van der Waals surface area contributed by atoms with Gasteiger partial charge in [0.15, 0.2) is 0 Å². The molecule has 0 aromatic heterocycles. The Hall–Kier alpha value is -2.34. The standard InChI is InChI=1S/C21H23BrN2O3/c22-17-9-10-19(25)18(15-17)21(27)24-13-11-23(12-14-24)20(26)8-4-7-16-5-2-1-3-6-16/h1-3,5-6,9-10,15,25H,4,7-8,11-14H2. The van der Waals surface area contributed by atoms with E-state index in [1.807, 2.05) is 23.1 Å². The second-order valence-electron chi connectivity index (χ2n) is 6.67. The summed E-state index contributed by atoms with van der Waals surface area (Å²) >= 11 is 3.32. The van der Waals surface area contributed by atoms with Crippen molar-refractivity contribution in [3.63, 3.8) is 0 Å². The summed E-state index contributed by atoms with van der Waals surface area (Å²) in [6, 6.07) is 15.0. The predicted octanol–water partition coefficient (Wildman–Crippen LogP) is 3.46. The predicted molar refractivity (Wildman–Crippen MR) is 108 cm³/mol. The van der Waals surface area contributed by atoms with E-state index in [0.717, 1.165) is 17.3 Å². The van der Waals surface area contributed by atoms with E-state index >= 15 is 0 Å². The van der Waals surface area contributed by atoms with Crippen LogP contribution in [0.5, 0.6) is 5.75 Å². The van der Waals surface area contributed by atoms with Gasteiger partial charge < -0.3 is 14.9 Å². The van der Waals surface area contributed by atoms with Crippen LogP contribution in [0.15, 0.2) is 53.0 Å². The maximum atomic E-state index is 12.6. The topological polar surface area (TPSA) is 60.9 Å². The van der Waals surface area contributed by atoms with E-state index < -0.39 is 0 Å². The Bertz CT molecular complexity index is 802. The number of carbonyl (C=O) groups is 2. The van der Waals surface area contributed by atoms with E-state index in [2.05, 4.69) is 28.1 Å². The normalized spacial score (nSPS) is 14.3. The number of nitrogens with zero attached hydrogens (tertiary/aromatic N) is 2. The van der Waals surface area contributed by atoms with Gasteiger partial charge in [0, 0.05) is 37.1 Å². The number of halogens is 1. The molecule has 0 bridgehead atoms. The Balaban J connectivity index is 1.47. The molecule has 27 heavy (non-hydrogen) atoms. The maximum absolute atomic E-state index is 12.6. The van der Waals surface area contributed by atoms with Gasteiger partial charge >= 0.3 is 0 Å². The first-order valence-corrected chi connectivity index (χ1v) is 9.93. The molecule has 6 heteroatoms. The molecule has 2 aromatic rings. The first-order chi connectivity index (χ1) is 13.0. The van der Waals surface area contributed by atoms with Crippen LogP contribution in [-0.2, 0) is 11.2 Å². The summed E-state index contributed by atoms with van der Waals surface area (Å²) in [4.78, 5) is 28.5. The summed E-state index contributed by atoms with van der Waals surface area (Å²) in [5.74, 6) is -0.0871. The van der Waals surface area contributed by atoms with Crippen LogP contribution >= 0.6 is 15.9 Å². The number of phenols is 1. The minimum atomic E-state index is -0.204. The zero-order valence-electron chi connectivity index (χ0n) is 15.1. The Morgan fingerprint density at radius 1 is 0.963 bits per heavy atom. The number of hydrogen-bond acceptors (Lipinski definition) is 3. The van der Waals surface area contributed by atoms with E-state index in [0.29, 0.717) is 32.6 Å². The van der Waals surface area contributed by atoms with Gasteiger partial charge in [-0.25, -0.2) is 0 Å². The van der Waals surface area contributed by atoms with Gasteiger partial charge in [-0.3, -0.25) is 9.59 Å². The van der Waals surface area contributed by atoms with Crippen LogP contribution in [-0.4, -0.2) is 52.9 Å². The highest BCUT2D eigenvalue weighted by molar-refractivity contribution is 9.10. The molecule has 0 aliphatic carbocycles. The smallest absolute Gasteiger partial charge is 0.257 e. The van der Waals surface area contributed by atoms with Gasteiger partial charge in [0.05, 0.1) is 5.56 Å². The van der Waals surface area contributed by atoms with Crippen molar-refractivity contribution in [1.29, 1.82) is 0 Å². The molecule has 2 amide bonds.